The van der Waals surface area contributed by atoms with Crippen LogP contribution in [0.2, 0.25) is 0 Å². The van der Waals surface area contributed by atoms with Gasteiger partial charge in [-0.1, -0.05) is 0 Å². The third-order valence-electron chi connectivity index (χ3n) is 2.68. The SMILES string of the molecule is CCN=C(N)N1CCCC(C(=O)NC)C1. The summed E-state index contributed by atoms with van der Waals surface area (Å²) in [5.74, 6) is 0.712. The van der Waals surface area contributed by atoms with Crippen LogP contribution in [0, 0.1) is 5.92 Å². The Kier molecular flexibility index (Phi) is 4.39. The Morgan fingerprint density at radius 1 is 1.67 bits per heavy atom. The minimum absolute atomic E-state index is 0.0503. The number of nitrogens with one attached hydrogen (secondary N) is 1. The van der Waals surface area contributed by atoms with Gasteiger partial charge in [0.25, 0.3) is 0 Å². The van der Waals surface area contributed by atoms with E-state index < -0.39 is 0 Å². The van der Waals surface area contributed by atoms with E-state index in [0.717, 1.165) is 19.4 Å². The zero-order valence-electron chi connectivity index (χ0n) is 9.49. The van der Waals surface area contributed by atoms with Crippen LogP contribution in [0.3, 0.4) is 0 Å². The van der Waals surface area contributed by atoms with Crippen LogP contribution >= 0.6 is 0 Å². The van der Waals surface area contributed by atoms with Crippen LogP contribution in [0.15, 0.2) is 4.99 Å². The number of guanidine groups is 1. The van der Waals surface area contributed by atoms with Crippen LogP contribution < -0.4 is 11.1 Å². The van der Waals surface area contributed by atoms with Gasteiger partial charge in [0.15, 0.2) is 5.96 Å². The molecule has 3 N–H and O–H groups in total. The molecule has 1 rings (SSSR count). The second kappa shape index (κ2) is 5.58. The molecule has 1 atom stereocenters. The number of amides is 1. The highest BCUT2D eigenvalue weighted by Crippen LogP contribution is 2.16. The molecule has 1 aliphatic heterocycles. The van der Waals surface area contributed by atoms with E-state index in [-0.39, 0.29) is 11.8 Å². The lowest BCUT2D eigenvalue weighted by Gasteiger charge is -2.32. The molecule has 0 bridgehead atoms. The summed E-state index contributed by atoms with van der Waals surface area (Å²) in [6.07, 6.45) is 1.94. The maximum Gasteiger partial charge on any atom is 0.224 e. The summed E-state index contributed by atoms with van der Waals surface area (Å²) in [6, 6.07) is 0. The second-order valence-corrected chi connectivity index (χ2v) is 3.73. The molecule has 15 heavy (non-hydrogen) atoms. The number of carbonyl (C=O) groups excluding carboxylic acids is 1. The van der Waals surface area contributed by atoms with E-state index in [0.29, 0.717) is 19.0 Å². The van der Waals surface area contributed by atoms with Crippen molar-refractivity contribution in [1.82, 2.24) is 10.2 Å². The van der Waals surface area contributed by atoms with Gasteiger partial charge < -0.3 is 16.0 Å². The number of nitrogens with two attached hydrogens (primary N) is 1. The molecule has 1 fully saturated rings. The summed E-state index contributed by atoms with van der Waals surface area (Å²) in [6.45, 7) is 4.23. The van der Waals surface area contributed by atoms with Gasteiger partial charge in [0.1, 0.15) is 0 Å². The molecule has 0 radical (unpaired) electrons. The van der Waals surface area contributed by atoms with Crippen LogP contribution in [0.25, 0.3) is 0 Å². The van der Waals surface area contributed by atoms with Crippen molar-refractivity contribution in [1.29, 1.82) is 0 Å². The van der Waals surface area contributed by atoms with Gasteiger partial charge in [-0.2, -0.15) is 0 Å². The minimum Gasteiger partial charge on any atom is -0.370 e. The van der Waals surface area contributed by atoms with Gasteiger partial charge in [-0.05, 0) is 19.8 Å². The van der Waals surface area contributed by atoms with E-state index in [1.165, 1.54) is 0 Å². The lowest BCUT2D eigenvalue weighted by atomic mass is 9.97. The maximum atomic E-state index is 11.5. The molecular formula is C10H20N4O. The Labute approximate surface area is 90.7 Å². The molecule has 1 aliphatic rings. The van der Waals surface area contributed by atoms with Gasteiger partial charge in [-0.3, -0.25) is 9.79 Å². The van der Waals surface area contributed by atoms with E-state index in [9.17, 15) is 4.79 Å². The number of rotatable bonds is 2. The van der Waals surface area contributed by atoms with E-state index in [1.807, 2.05) is 11.8 Å². The summed E-state index contributed by atoms with van der Waals surface area (Å²) < 4.78 is 0. The fourth-order valence-electron chi connectivity index (χ4n) is 1.87. The lowest BCUT2D eigenvalue weighted by molar-refractivity contribution is -0.125. The van der Waals surface area contributed by atoms with Gasteiger partial charge in [-0.15, -0.1) is 0 Å². The molecule has 1 saturated heterocycles. The zero-order chi connectivity index (χ0) is 11.3. The first-order valence-corrected chi connectivity index (χ1v) is 5.45. The Balaban J connectivity index is 2.56. The van der Waals surface area contributed by atoms with Crippen molar-refractivity contribution in [2.24, 2.45) is 16.6 Å². The average Bonchev–Trinajstić information content (AvgIpc) is 2.28. The van der Waals surface area contributed by atoms with E-state index in [4.69, 9.17) is 5.73 Å². The minimum atomic E-state index is 0.0503. The van der Waals surface area contributed by atoms with Gasteiger partial charge in [0.05, 0.1) is 5.92 Å². The van der Waals surface area contributed by atoms with Gasteiger partial charge >= 0.3 is 0 Å². The van der Waals surface area contributed by atoms with E-state index in [1.54, 1.807) is 7.05 Å². The largest absolute Gasteiger partial charge is 0.370 e. The van der Waals surface area contributed by atoms with Gasteiger partial charge in [-0.25, -0.2) is 0 Å². The van der Waals surface area contributed by atoms with Crippen molar-refractivity contribution in [2.75, 3.05) is 26.7 Å². The maximum absolute atomic E-state index is 11.5. The molecule has 0 aromatic carbocycles. The number of piperidine rings is 1. The Bertz CT molecular complexity index is 252. The van der Waals surface area contributed by atoms with Crippen LogP contribution in [-0.2, 0) is 4.79 Å². The first-order valence-electron chi connectivity index (χ1n) is 5.45. The number of likely N-dealkylation sites (tertiary alicyclic amines) is 1. The average molecular weight is 212 g/mol. The first-order chi connectivity index (χ1) is 7.19. The molecular weight excluding hydrogens is 192 g/mol. The van der Waals surface area contributed by atoms with E-state index in [2.05, 4.69) is 10.3 Å². The highest BCUT2D eigenvalue weighted by atomic mass is 16.1. The van der Waals surface area contributed by atoms with Crippen molar-refractivity contribution >= 4 is 11.9 Å². The van der Waals surface area contributed by atoms with Crippen molar-refractivity contribution in [3.05, 3.63) is 0 Å². The van der Waals surface area contributed by atoms with Gasteiger partial charge in [0, 0.05) is 26.7 Å². The normalized spacial score (nSPS) is 22.7. The van der Waals surface area contributed by atoms with Crippen LogP contribution in [0.4, 0.5) is 0 Å². The molecule has 5 nitrogen and oxygen atoms in total. The monoisotopic (exact) mass is 212 g/mol. The first kappa shape index (κ1) is 11.8. The molecule has 86 valence electrons. The summed E-state index contributed by atoms with van der Waals surface area (Å²) in [5, 5.41) is 2.68. The fourth-order valence-corrected chi connectivity index (χ4v) is 1.87. The summed E-state index contributed by atoms with van der Waals surface area (Å²) in [7, 11) is 1.67. The second-order valence-electron chi connectivity index (χ2n) is 3.73. The molecule has 0 saturated carbocycles. The Morgan fingerprint density at radius 2 is 2.40 bits per heavy atom. The van der Waals surface area contributed by atoms with Crippen LogP contribution in [-0.4, -0.2) is 43.4 Å². The Morgan fingerprint density at radius 3 is 3.00 bits per heavy atom. The molecule has 0 aromatic heterocycles. The zero-order valence-corrected chi connectivity index (χ0v) is 9.49. The molecule has 0 spiro atoms. The quantitative estimate of drug-likeness (QED) is 0.491. The topological polar surface area (TPSA) is 70.7 Å². The summed E-state index contributed by atoms with van der Waals surface area (Å²) >= 11 is 0. The number of hydrogen-bond donors (Lipinski definition) is 2. The summed E-state index contributed by atoms with van der Waals surface area (Å²) in [4.78, 5) is 17.6. The fraction of sp³-hybridized carbons (Fsp3) is 0.800. The summed E-state index contributed by atoms with van der Waals surface area (Å²) in [5.41, 5.74) is 5.81. The van der Waals surface area contributed by atoms with Crippen LogP contribution in [0.1, 0.15) is 19.8 Å². The van der Waals surface area contributed by atoms with Crippen LogP contribution in [0.5, 0.6) is 0 Å². The van der Waals surface area contributed by atoms with Gasteiger partial charge in [0.2, 0.25) is 5.91 Å². The number of hydrogen-bond acceptors (Lipinski definition) is 2. The van der Waals surface area contributed by atoms with Crippen molar-refractivity contribution in [3.63, 3.8) is 0 Å². The molecule has 1 unspecified atom stereocenters. The highest BCUT2D eigenvalue weighted by molar-refractivity contribution is 5.81. The Hall–Kier alpha value is -1.26. The van der Waals surface area contributed by atoms with Crippen molar-refractivity contribution in [3.8, 4) is 0 Å². The molecule has 0 aliphatic carbocycles. The number of aliphatic imine (C=N–C) groups is 1. The van der Waals surface area contributed by atoms with Crippen molar-refractivity contribution in [2.45, 2.75) is 19.8 Å². The smallest absolute Gasteiger partial charge is 0.224 e. The third-order valence-corrected chi connectivity index (χ3v) is 2.68. The highest BCUT2D eigenvalue weighted by Gasteiger charge is 2.25. The lowest BCUT2D eigenvalue weighted by Crippen LogP contribution is -2.47. The predicted molar refractivity (Wildman–Crippen MR) is 60.5 cm³/mol. The number of carbonyl (C=O) groups is 1. The molecule has 1 amide bonds. The third kappa shape index (κ3) is 3.11. The number of nitrogens with zero attached hydrogens (tertiary/aromatic N) is 2. The van der Waals surface area contributed by atoms with Crippen molar-refractivity contribution < 1.29 is 4.79 Å². The molecule has 5 heteroatoms. The standard InChI is InChI=1S/C10H20N4O/c1-3-13-10(11)14-6-4-5-8(7-14)9(15)12-2/h8H,3-7H2,1-2H3,(H2,11,13)(H,12,15). The molecule has 1 heterocycles. The van der Waals surface area contributed by atoms with E-state index >= 15 is 0 Å². The predicted octanol–water partition coefficient (Wildman–Crippen LogP) is -0.221. The molecule has 0 aromatic rings.